The number of nitrogens with zero attached hydrogens (tertiary/aromatic N) is 3. The molecular formula is C13H16F2N4. The van der Waals surface area contributed by atoms with Gasteiger partial charge in [0.2, 0.25) is 5.92 Å². The van der Waals surface area contributed by atoms with Crippen LogP contribution in [0.15, 0.2) is 24.8 Å². The maximum absolute atomic E-state index is 13.4. The highest BCUT2D eigenvalue weighted by Crippen LogP contribution is 2.44. The van der Waals surface area contributed by atoms with Gasteiger partial charge in [-0.15, -0.1) is 0 Å². The number of hydrogen-bond acceptors (Lipinski definition) is 3. The van der Waals surface area contributed by atoms with Crippen LogP contribution in [0.25, 0.3) is 5.65 Å². The molecule has 4 nitrogen and oxygen atoms in total. The van der Waals surface area contributed by atoms with E-state index in [1.807, 2.05) is 10.6 Å². The Morgan fingerprint density at radius 1 is 1.21 bits per heavy atom. The molecule has 0 atom stereocenters. The van der Waals surface area contributed by atoms with Crippen LogP contribution in [-0.2, 0) is 5.41 Å². The van der Waals surface area contributed by atoms with Gasteiger partial charge in [-0.1, -0.05) is 0 Å². The highest BCUT2D eigenvalue weighted by molar-refractivity contribution is 5.39. The number of fused-ring (bicyclic) bond motifs is 1. The summed E-state index contributed by atoms with van der Waals surface area (Å²) in [5.41, 5.74) is 7.15. The van der Waals surface area contributed by atoms with Crippen LogP contribution >= 0.6 is 0 Å². The fourth-order valence-corrected chi connectivity index (χ4v) is 2.89. The Kier molecular flexibility index (Phi) is 2.78. The minimum absolute atomic E-state index is 0.109. The Balaban J connectivity index is 2.03. The molecule has 0 aromatic carbocycles. The van der Waals surface area contributed by atoms with Gasteiger partial charge in [0.15, 0.2) is 5.65 Å². The van der Waals surface area contributed by atoms with Crippen molar-refractivity contribution in [3.8, 4) is 0 Å². The number of hydrogen-bond donors (Lipinski definition) is 1. The van der Waals surface area contributed by atoms with Gasteiger partial charge >= 0.3 is 0 Å². The molecule has 1 aliphatic carbocycles. The van der Waals surface area contributed by atoms with Gasteiger partial charge in [0.1, 0.15) is 0 Å². The van der Waals surface area contributed by atoms with Gasteiger partial charge in [-0.3, -0.25) is 4.98 Å². The Bertz CT molecular complexity index is 583. The summed E-state index contributed by atoms with van der Waals surface area (Å²) in [5, 5.41) is 0. The van der Waals surface area contributed by atoms with E-state index >= 15 is 0 Å². The van der Waals surface area contributed by atoms with E-state index in [2.05, 4.69) is 9.97 Å². The minimum atomic E-state index is -2.55. The van der Waals surface area contributed by atoms with Crippen molar-refractivity contribution >= 4 is 5.65 Å². The Morgan fingerprint density at radius 3 is 2.63 bits per heavy atom. The largest absolute Gasteiger partial charge is 0.330 e. The number of imidazole rings is 1. The number of halogens is 2. The lowest BCUT2D eigenvalue weighted by molar-refractivity contribution is -0.0515. The zero-order chi connectivity index (χ0) is 13.5. The molecule has 2 aromatic rings. The van der Waals surface area contributed by atoms with Gasteiger partial charge < -0.3 is 10.1 Å². The molecule has 102 valence electrons. The van der Waals surface area contributed by atoms with E-state index in [1.54, 1.807) is 18.6 Å². The van der Waals surface area contributed by atoms with Crippen LogP contribution in [0.3, 0.4) is 0 Å². The normalized spacial score (nSPS) is 21.6. The van der Waals surface area contributed by atoms with E-state index in [-0.39, 0.29) is 12.8 Å². The molecule has 3 rings (SSSR count). The number of aromatic nitrogens is 3. The predicted molar refractivity (Wildman–Crippen MR) is 67.1 cm³/mol. The third kappa shape index (κ3) is 2.00. The van der Waals surface area contributed by atoms with E-state index in [9.17, 15) is 8.78 Å². The van der Waals surface area contributed by atoms with E-state index in [0.717, 1.165) is 11.3 Å². The first kappa shape index (κ1) is 12.5. The number of nitrogens with two attached hydrogens (primary N) is 1. The molecule has 6 heteroatoms. The smallest absolute Gasteiger partial charge is 0.248 e. The van der Waals surface area contributed by atoms with Crippen molar-refractivity contribution in [1.82, 2.24) is 14.4 Å². The lowest BCUT2D eigenvalue weighted by Crippen LogP contribution is -2.42. The van der Waals surface area contributed by atoms with Gasteiger partial charge in [0.05, 0.1) is 6.20 Å². The van der Waals surface area contributed by atoms with Crippen molar-refractivity contribution in [2.24, 2.45) is 5.73 Å². The summed E-state index contributed by atoms with van der Waals surface area (Å²) >= 11 is 0. The van der Waals surface area contributed by atoms with Crippen molar-refractivity contribution in [3.63, 3.8) is 0 Å². The lowest BCUT2D eigenvalue weighted by Gasteiger charge is -2.39. The lowest BCUT2D eigenvalue weighted by atomic mass is 9.71. The molecular weight excluding hydrogens is 250 g/mol. The molecule has 19 heavy (non-hydrogen) atoms. The molecule has 1 fully saturated rings. The highest BCUT2D eigenvalue weighted by Gasteiger charge is 2.44. The van der Waals surface area contributed by atoms with Crippen LogP contribution in [0.4, 0.5) is 8.78 Å². The van der Waals surface area contributed by atoms with Gasteiger partial charge in [0, 0.05) is 49.1 Å². The quantitative estimate of drug-likeness (QED) is 0.906. The molecule has 1 saturated carbocycles. The zero-order valence-electron chi connectivity index (χ0n) is 10.5. The summed E-state index contributed by atoms with van der Waals surface area (Å²) in [7, 11) is 0. The van der Waals surface area contributed by atoms with Crippen LogP contribution in [0.2, 0.25) is 0 Å². The maximum atomic E-state index is 13.4. The summed E-state index contributed by atoms with van der Waals surface area (Å²) in [6.45, 7) is 0.360. The number of alkyl halides is 2. The first-order valence-electron chi connectivity index (χ1n) is 6.42. The Morgan fingerprint density at radius 2 is 1.95 bits per heavy atom. The average Bonchev–Trinajstić information content (AvgIpc) is 2.84. The van der Waals surface area contributed by atoms with E-state index in [1.165, 1.54) is 0 Å². The standard InChI is InChI=1S/C13H16F2N4/c14-13(15)3-1-12(9-16,2-4-13)10-7-18-11-8-17-5-6-19(10)11/h5-8H,1-4,9,16H2. The van der Waals surface area contributed by atoms with Gasteiger partial charge in [-0.05, 0) is 12.8 Å². The molecule has 0 saturated heterocycles. The monoisotopic (exact) mass is 266 g/mol. The fraction of sp³-hybridized carbons (Fsp3) is 0.538. The van der Waals surface area contributed by atoms with Crippen molar-refractivity contribution < 1.29 is 8.78 Å². The fourth-order valence-electron chi connectivity index (χ4n) is 2.89. The van der Waals surface area contributed by atoms with Crippen LogP contribution in [0.1, 0.15) is 31.4 Å². The van der Waals surface area contributed by atoms with Crippen LogP contribution in [-0.4, -0.2) is 26.8 Å². The van der Waals surface area contributed by atoms with Crippen molar-refractivity contribution in [2.75, 3.05) is 6.54 Å². The second kappa shape index (κ2) is 4.23. The molecule has 0 bridgehead atoms. The molecule has 2 heterocycles. The summed E-state index contributed by atoms with van der Waals surface area (Å²) in [4.78, 5) is 8.29. The van der Waals surface area contributed by atoms with Crippen molar-refractivity contribution in [3.05, 3.63) is 30.5 Å². The zero-order valence-corrected chi connectivity index (χ0v) is 10.5. The summed E-state index contributed by atoms with van der Waals surface area (Å²) in [6.07, 6.45) is 7.45. The molecule has 0 aliphatic heterocycles. The summed E-state index contributed by atoms with van der Waals surface area (Å²) in [5.74, 6) is -2.55. The topological polar surface area (TPSA) is 56.2 Å². The summed E-state index contributed by atoms with van der Waals surface area (Å²) < 4.78 is 28.6. The molecule has 0 radical (unpaired) electrons. The Labute approximate surface area is 109 Å². The van der Waals surface area contributed by atoms with E-state index < -0.39 is 11.3 Å². The SMILES string of the molecule is NCC1(c2cnc3cnccn23)CCC(F)(F)CC1. The molecule has 0 amide bonds. The highest BCUT2D eigenvalue weighted by atomic mass is 19.3. The van der Waals surface area contributed by atoms with Gasteiger partial charge in [-0.2, -0.15) is 0 Å². The van der Waals surface area contributed by atoms with Crippen LogP contribution < -0.4 is 5.73 Å². The number of rotatable bonds is 2. The Hall–Kier alpha value is -1.56. The second-order valence-electron chi connectivity index (χ2n) is 5.29. The van der Waals surface area contributed by atoms with E-state index in [4.69, 9.17) is 5.73 Å². The van der Waals surface area contributed by atoms with Crippen LogP contribution in [0.5, 0.6) is 0 Å². The maximum Gasteiger partial charge on any atom is 0.248 e. The molecule has 2 aromatic heterocycles. The van der Waals surface area contributed by atoms with Crippen molar-refractivity contribution in [2.45, 2.75) is 37.0 Å². The average molecular weight is 266 g/mol. The first-order chi connectivity index (χ1) is 9.06. The van der Waals surface area contributed by atoms with Crippen LogP contribution in [0, 0.1) is 0 Å². The van der Waals surface area contributed by atoms with Crippen molar-refractivity contribution in [1.29, 1.82) is 0 Å². The van der Waals surface area contributed by atoms with Gasteiger partial charge in [-0.25, -0.2) is 13.8 Å². The molecule has 0 spiro atoms. The van der Waals surface area contributed by atoms with E-state index in [0.29, 0.717) is 19.4 Å². The van der Waals surface area contributed by atoms with Gasteiger partial charge in [0.25, 0.3) is 0 Å². The predicted octanol–water partition coefficient (Wildman–Crippen LogP) is 2.14. The first-order valence-corrected chi connectivity index (χ1v) is 6.42. The third-order valence-electron chi connectivity index (χ3n) is 4.19. The minimum Gasteiger partial charge on any atom is -0.330 e. The molecule has 1 aliphatic rings. The molecule has 2 N–H and O–H groups in total. The third-order valence-corrected chi connectivity index (χ3v) is 4.19. The summed E-state index contributed by atoms with van der Waals surface area (Å²) in [6, 6.07) is 0. The second-order valence-corrected chi connectivity index (χ2v) is 5.29. The molecule has 0 unspecified atom stereocenters.